The summed E-state index contributed by atoms with van der Waals surface area (Å²) in [6.07, 6.45) is 7.64. The molecule has 2 fully saturated rings. The van der Waals surface area contributed by atoms with Crippen molar-refractivity contribution in [3.63, 3.8) is 0 Å². The van der Waals surface area contributed by atoms with Crippen LogP contribution in [0.25, 0.3) is 11.0 Å². The van der Waals surface area contributed by atoms with Gasteiger partial charge < -0.3 is 4.98 Å². The zero-order valence-electron chi connectivity index (χ0n) is 12.7. The van der Waals surface area contributed by atoms with Crippen molar-refractivity contribution in [1.82, 2.24) is 14.3 Å². The first-order chi connectivity index (χ1) is 10.6. The first kappa shape index (κ1) is 14.2. The molecule has 1 N–H and O–H groups in total. The van der Waals surface area contributed by atoms with Crippen molar-refractivity contribution in [3.8, 4) is 0 Å². The Hall–Kier alpha value is -1.40. The molecule has 2 unspecified atom stereocenters. The number of aromatic amines is 1. The lowest BCUT2D eigenvalue weighted by molar-refractivity contribution is 0.227. The molecule has 118 valence electrons. The molecule has 2 aliphatic heterocycles. The molecule has 22 heavy (non-hydrogen) atoms. The van der Waals surface area contributed by atoms with Gasteiger partial charge in [-0.1, -0.05) is 0 Å². The van der Waals surface area contributed by atoms with Crippen LogP contribution in [-0.4, -0.2) is 40.5 Å². The molecule has 2 aromatic rings. The molecule has 0 saturated carbocycles. The molecule has 2 aromatic heterocycles. The van der Waals surface area contributed by atoms with Gasteiger partial charge in [-0.25, -0.2) is 13.4 Å². The molecule has 4 heterocycles. The van der Waals surface area contributed by atoms with Crippen molar-refractivity contribution in [3.05, 3.63) is 30.1 Å². The van der Waals surface area contributed by atoms with Crippen molar-refractivity contribution in [1.29, 1.82) is 0 Å². The number of nitrogens with zero attached hydrogens (tertiary/aromatic N) is 2. The third-order valence-corrected chi connectivity index (χ3v) is 7.25. The number of fused-ring (bicyclic) bond motifs is 3. The average Bonchev–Trinajstić information content (AvgIpc) is 3.10. The lowest BCUT2D eigenvalue weighted by Gasteiger charge is -2.38. The number of piperidine rings is 1. The topological polar surface area (TPSA) is 66.1 Å². The molecule has 5 nitrogen and oxygen atoms in total. The monoisotopic (exact) mass is 319 g/mol. The van der Waals surface area contributed by atoms with Crippen molar-refractivity contribution in [2.75, 3.05) is 5.75 Å². The predicted molar refractivity (Wildman–Crippen MR) is 86.2 cm³/mol. The molecule has 0 aromatic carbocycles. The molecule has 2 atom stereocenters. The Labute approximate surface area is 130 Å². The second kappa shape index (κ2) is 5.06. The Morgan fingerprint density at radius 2 is 2.00 bits per heavy atom. The van der Waals surface area contributed by atoms with Crippen LogP contribution < -0.4 is 0 Å². The van der Waals surface area contributed by atoms with Gasteiger partial charge in [0.2, 0.25) is 10.0 Å². The van der Waals surface area contributed by atoms with Gasteiger partial charge in [-0.15, -0.1) is 0 Å². The van der Waals surface area contributed by atoms with Crippen LogP contribution in [0.3, 0.4) is 0 Å². The summed E-state index contributed by atoms with van der Waals surface area (Å²) in [5, 5.41) is 1.18. The van der Waals surface area contributed by atoms with Crippen molar-refractivity contribution in [2.45, 2.75) is 50.6 Å². The fourth-order valence-corrected chi connectivity index (χ4v) is 5.92. The largest absolute Gasteiger partial charge is 0.346 e. The second-order valence-corrected chi connectivity index (χ2v) is 8.59. The van der Waals surface area contributed by atoms with Gasteiger partial charge in [-0.05, 0) is 56.2 Å². The molecular formula is C16H21N3O2S. The van der Waals surface area contributed by atoms with E-state index in [1.807, 2.05) is 16.7 Å². The molecule has 6 heteroatoms. The highest BCUT2D eigenvalue weighted by Crippen LogP contribution is 2.45. The van der Waals surface area contributed by atoms with Gasteiger partial charge in [-0.3, -0.25) is 0 Å². The Kier molecular flexibility index (Phi) is 3.27. The molecular weight excluding hydrogens is 298 g/mol. The highest BCUT2D eigenvalue weighted by atomic mass is 32.2. The Balaban J connectivity index is 1.68. The van der Waals surface area contributed by atoms with E-state index in [1.165, 1.54) is 10.9 Å². The van der Waals surface area contributed by atoms with Gasteiger partial charge >= 0.3 is 0 Å². The molecule has 2 saturated heterocycles. The minimum atomic E-state index is -3.08. The number of rotatable bonds is 3. The molecule has 2 aliphatic rings. The normalized spacial score (nSPS) is 29.2. The van der Waals surface area contributed by atoms with Crippen LogP contribution in [0.5, 0.6) is 0 Å². The summed E-state index contributed by atoms with van der Waals surface area (Å²) in [5.41, 5.74) is 2.24. The summed E-state index contributed by atoms with van der Waals surface area (Å²) >= 11 is 0. The molecule has 0 aliphatic carbocycles. The molecule has 2 bridgehead atoms. The maximum absolute atomic E-state index is 12.3. The highest BCUT2D eigenvalue weighted by molar-refractivity contribution is 7.89. The molecule has 0 spiro atoms. The minimum absolute atomic E-state index is 0.177. The van der Waals surface area contributed by atoms with Crippen LogP contribution in [0, 0.1) is 0 Å². The third-order valence-electron chi connectivity index (χ3n) is 5.29. The van der Waals surface area contributed by atoms with Crippen LogP contribution >= 0.6 is 0 Å². The number of pyridine rings is 1. The maximum atomic E-state index is 12.3. The van der Waals surface area contributed by atoms with Crippen LogP contribution in [0.4, 0.5) is 0 Å². The fraction of sp³-hybridized carbons (Fsp3) is 0.562. The van der Waals surface area contributed by atoms with E-state index in [0.29, 0.717) is 5.92 Å². The number of H-pyrrole nitrogens is 1. The number of hydrogen-bond acceptors (Lipinski definition) is 3. The van der Waals surface area contributed by atoms with Crippen LogP contribution in [0.15, 0.2) is 24.5 Å². The summed E-state index contributed by atoms with van der Waals surface area (Å²) in [6, 6.07) is 4.53. The van der Waals surface area contributed by atoms with E-state index in [-0.39, 0.29) is 17.8 Å². The second-order valence-electron chi connectivity index (χ2n) is 6.42. The first-order valence-corrected chi connectivity index (χ1v) is 9.64. The SMILES string of the molecule is CCS(=O)(=O)N1C2CCC1CC(c1ccnc3[nH]ccc13)C2. The zero-order valence-corrected chi connectivity index (χ0v) is 13.5. The highest BCUT2D eigenvalue weighted by Gasteiger charge is 2.46. The first-order valence-electron chi connectivity index (χ1n) is 8.03. The summed E-state index contributed by atoms with van der Waals surface area (Å²) in [7, 11) is -3.08. The van der Waals surface area contributed by atoms with Gasteiger partial charge in [0.05, 0.1) is 5.75 Å². The fourth-order valence-electron chi connectivity index (χ4n) is 4.33. The summed E-state index contributed by atoms with van der Waals surface area (Å²) < 4.78 is 26.5. The Morgan fingerprint density at radius 1 is 1.27 bits per heavy atom. The molecule has 0 radical (unpaired) electrons. The van der Waals surface area contributed by atoms with Crippen molar-refractivity contribution in [2.24, 2.45) is 0 Å². The lowest BCUT2D eigenvalue weighted by atomic mass is 9.85. The van der Waals surface area contributed by atoms with Gasteiger partial charge in [0.25, 0.3) is 0 Å². The van der Waals surface area contributed by atoms with Gasteiger partial charge in [-0.2, -0.15) is 4.31 Å². The lowest BCUT2D eigenvalue weighted by Crippen LogP contribution is -2.46. The van der Waals surface area contributed by atoms with Gasteiger partial charge in [0.15, 0.2) is 0 Å². The van der Waals surface area contributed by atoms with Crippen LogP contribution in [0.2, 0.25) is 0 Å². The summed E-state index contributed by atoms with van der Waals surface area (Å²) in [4.78, 5) is 7.52. The average molecular weight is 319 g/mol. The van der Waals surface area contributed by atoms with Crippen molar-refractivity contribution >= 4 is 21.1 Å². The number of sulfonamides is 1. The number of hydrogen-bond donors (Lipinski definition) is 1. The van der Waals surface area contributed by atoms with E-state index in [0.717, 1.165) is 31.3 Å². The Morgan fingerprint density at radius 3 is 2.68 bits per heavy atom. The van der Waals surface area contributed by atoms with E-state index < -0.39 is 10.0 Å². The van der Waals surface area contributed by atoms with E-state index in [9.17, 15) is 8.42 Å². The van der Waals surface area contributed by atoms with Gasteiger partial charge in [0.1, 0.15) is 5.65 Å². The summed E-state index contributed by atoms with van der Waals surface area (Å²) in [5.74, 6) is 0.643. The van der Waals surface area contributed by atoms with Crippen LogP contribution in [-0.2, 0) is 10.0 Å². The Bertz CT molecular complexity index is 785. The molecule has 4 rings (SSSR count). The number of nitrogens with one attached hydrogen (secondary N) is 1. The predicted octanol–water partition coefficient (Wildman–Crippen LogP) is 2.62. The summed E-state index contributed by atoms with van der Waals surface area (Å²) in [6.45, 7) is 1.74. The van der Waals surface area contributed by atoms with Crippen LogP contribution in [0.1, 0.15) is 44.1 Å². The quantitative estimate of drug-likeness (QED) is 0.945. The van der Waals surface area contributed by atoms with E-state index in [1.54, 1.807) is 6.92 Å². The van der Waals surface area contributed by atoms with E-state index in [4.69, 9.17) is 0 Å². The zero-order chi connectivity index (χ0) is 15.3. The van der Waals surface area contributed by atoms with Gasteiger partial charge in [0, 0.05) is 29.9 Å². The minimum Gasteiger partial charge on any atom is -0.346 e. The maximum Gasteiger partial charge on any atom is 0.214 e. The molecule has 0 amide bonds. The number of aromatic nitrogens is 2. The van der Waals surface area contributed by atoms with Crippen molar-refractivity contribution < 1.29 is 8.42 Å². The third kappa shape index (κ3) is 2.08. The smallest absolute Gasteiger partial charge is 0.214 e. The van der Waals surface area contributed by atoms with E-state index in [2.05, 4.69) is 22.1 Å². The standard InChI is InChI=1S/C16H21N3O2S/c1-2-22(20,21)19-12-3-4-13(19)10-11(9-12)14-5-7-17-16-15(14)6-8-18-16/h5-8,11-13H,2-4,9-10H2,1H3,(H,17,18). The van der Waals surface area contributed by atoms with E-state index >= 15 is 0 Å².